The third-order valence-corrected chi connectivity index (χ3v) is 4.92. The van der Waals surface area contributed by atoms with Crippen molar-refractivity contribution in [2.45, 2.75) is 38.1 Å². The molecule has 5 heteroatoms. The van der Waals surface area contributed by atoms with Crippen LogP contribution in [0.4, 0.5) is 10.1 Å². The lowest BCUT2D eigenvalue weighted by Crippen LogP contribution is -2.38. The average molecular weight is 354 g/mol. The molecule has 1 aliphatic carbocycles. The van der Waals surface area contributed by atoms with Gasteiger partial charge >= 0.3 is 0 Å². The predicted octanol–water partition coefficient (Wildman–Crippen LogP) is 4.48. The van der Waals surface area contributed by atoms with Crippen molar-refractivity contribution in [3.63, 3.8) is 0 Å². The largest absolute Gasteiger partial charge is 0.339 e. The van der Waals surface area contributed by atoms with Gasteiger partial charge in [0.2, 0.25) is 0 Å². The smallest absolute Gasteiger partial charge is 0.255 e. The molecule has 0 atom stereocenters. The lowest BCUT2D eigenvalue weighted by atomic mass is 9.94. The van der Waals surface area contributed by atoms with E-state index < -0.39 is 5.82 Å². The summed E-state index contributed by atoms with van der Waals surface area (Å²) in [7, 11) is 1.86. The minimum atomic E-state index is -0.454. The van der Waals surface area contributed by atoms with E-state index in [1.165, 1.54) is 37.5 Å². The van der Waals surface area contributed by atoms with Crippen LogP contribution in [0, 0.1) is 5.82 Å². The molecule has 2 aromatic rings. The van der Waals surface area contributed by atoms with Gasteiger partial charge in [0.05, 0.1) is 0 Å². The normalized spacial score (nSPS) is 14.7. The summed E-state index contributed by atoms with van der Waals surface area (Å²) in [5, 5.41) is 2.71. The molecule has 1 saturated carbocycles. The number of carbonyl (C=O) groups is 2. The van der Waals surface area contributed by atoms with E-state index in [-0.39, 0.29) is 17.4 Å². The van der Waals surface area contributed by atoms with Crippen molar-refractivity contribution in [1.82, 2.24) is 4.90 Å². The summed E-state index contributed by atoms with van der Waals surface area (Å²) in [5.41, 5.74) is 1.42. The second kappa shape index (κ2) is 8.13. The van der Waals surface area contributed by atoms with Gasteiger partial charge in [-0.1, -0.05) is 25.3 Å². The first-order valence-electron chi connectivity index (χ1n) is 8.99. The van der Waals surface area contributed by atoms with Crippen LogP contribution in [0.5, 0.6) is 0 Å². The Bertz CT molecular complexity index is 783. The van der Waals surface area contributed by atoms with Gasteiger partial charge in [0.1, 0.15) is 5.82 Å². The first-order valence-corrected chi connectivity index (χ1v) is 8.99. The van der Waals surface area contributed by atoms with Crippen molar-refractivity contribution >= 4 is 17.5 Å². The topological polar surface area (TPSA) is 49.4 Å². The maximum atomic E-state index is 13.2. The fraction of sp³-hybridized carbons (Fsp3) is 0.333. The highest BCUT2D eigenvalue weighted by molar-refractivity contribution is 6.04. The fourth-order valence-corrected chi connectivity index (χ4v) is 3.37. The number of hydrogen-bond acceptors (Lipinski definition) is 2. The molecule has 0 aromatic heterocycles. The lowest BCUT2D eigenvalue weighted by molar-refractivity contribution is 0.0696. The molecule has 3 rings (SSSR count). The third-order valence-electron chi connectivity index (χ3n) is 4.92. The molecule has 0 aliphatic heterocycles. The zero-order valence-corrected chi connectivity index (χ0v) is 14.9. The van der Waals surface area contributed by atoms with Crippen LogP contribution in [0.2, 0.25) is 0 Å². The number of benzene rings is 2. The number of hydrogen-bond donors (Lipinski definition) is 1. The molecule has 0 saturated heterocycles. The summed E-state index contributed by atoms with van der Waals surface area (Å²) in [6.07, 6.45) is 5.72. The first-order chi connectivity index (χ1) is 12.5. The number of anilines is 1. The van der Waals surface area contributed by atoms with E-state index in [4.69, 9.17) is 0 Å². The molecule has 1 N–H and O–H groups in total. The molecule has 2 amide bonds. The zero-order valence-electron chi connectivity index (χ0n) is 14.9. The van der Waals surface area contributed by atoms with Crippen molar-refractivity contribution in [2.75, 3.05) is 12.4 Å². The van der Waals surface area contributed by atoms with Crippen molar-refractivity contribution in [1.29, 1.82) is 0 Å². The van der Waals surface area contributed by atoms with E-state index in [0.717, 1.165) is 12.8 Å². The van der Waals surface area contributed by atoms with Gasteiger partial charge in [-0.05, 0) is 55.3 Å². The van der Waals surface area contributed by atoms with E-state index in [2.05, 4.69) is 5.32 Å². The van der Waals surface area contributed by atoms with E-state index in [1.807, 2.05) is 11.9 Å². The Kier molecular flexibility index (Phi) is 5.66. The van der Waals surface area contributed by atoms with Gasteiger partial charge in [-0.2, -0.15) is 0 Å². The molecular formula is C21H23FN2O2. The summed E-state index contributed by atoms with van der Waals surface area (Å²) < 4.78 is 13.2. The summed E-state index contributed by atoms with van der Waals surface area (Å²) in [4.78, 5) is 26.6. The highest BCUT2D eigenvalue weighted by atomic mass is 19.1. The number of nitrogens with zero attached hydrogens (tertiary/aromatic N) is 1. The Balaban J connectivity index is 1.64. The van der Waals surface area contributed by atoms with E-state index >= 15 is 0 Å². The van der Waals surface area contributed by atoms with Crippen LogP contribution >= 0.6 is 0 Å². The van der Waals surface area contributed by atoms with Crippen LogP contribution in [-0.2, 0) is 0 Å². The molecule has 2 aromatic carbocycles. The van der Waals surface area contributed by atoms with Crippen molar-refractivity contribution < 1.29 is 14.0 Å². The second-order valence-corrected chi connectivity index (χ2v) is 6.75. The maximum Gasteiger partial charge on any atom is 0.255 e. The molecule has 0 bridgehead atoms. The van der Waals surface area contributed by atoms with Gasteiger partial charge in [-0.15, -0.1) is 0 Å². The first kappa shape index (κ1) is 18.1. The van der Waals surface area contributed by atoms with Gasteiger partial charge < -0.3 is 10.2 Å². The van der Waals surface area contributed by atoms with E-state index in [9.17, 15) is 14.0 Å². The number of rotatable bonds is 4. The predicted molar refractivity (Wildman–Crippen MR) is 99.8 cm³/mol. The van der Waals surface area contributed by atoms with Gasteiger partial charge in [-0.3, -0.25) is 9.59 Å². The van der Waals surface area contributed by atoms with Crippen LogP contribution in [0.25, 0.3) is 0 Å². The number of carbonyl (C=O) groups excluding carboxylic acids is 2. The van der Waals surface area contributed by atoms with Crippen molar-refractivity contribution in [3.8, 4) is 0 Å². The minimum Gasteiger partial charge on any atom is -0.339 e. The molecule has 4 nitrogen and oxygen atoms in total. The SMILES string of the molecule is CN(C(=O)c1ccc(NC(=O)c2cccc(F)c2)cc1)C1CCCCC1. The summed E-state index contributed by atoms with van der Waals surface area (Å²) in [6.45, 7) is 0. The van der Waals surface area contributed by atoms with Gasteiger partial charge in [0.25, 0.3) is 11.8 Å². The lowest BCUT2D eigenvalue weighted by Gasteiger charge is -2.31. The van der Waals surface area contributed by atoms with Crippen LogP contribution in [0.15, 0.2) is 48.5 Å². The summed E-state index contributed by atoms with van der Waals surface area (Å²) in [5.74, 6) is -0.841. The molecular weight excluding hydrogens is 331 g/mol. The molecule has 136 valence electrons. The summed E-state index contributed by atoms with van der Waals surface area (Å²) in [6, 6.07) is 12.6. The highest BCUT2D eigenvalue weighted by Crippen LogP contribution is 2.23. The standard InChI is InChI=1S/C21H23FN2O2/c1-24(19-8-3-2-4-9-19)21(26)15-10-12-18(13-11-15)23-20(25)16-6-5-7-17(22)14-16/h5-7,10-14,19H,2-4,8-9H2,1H3,(H,23,25). The molecule has 0 heterocycles. The second-order valence-electron chi connectivity index (χ2n) is 6.75. The Labute approximate surface area is 153 Å². The van der Waals surface area contributed by atoms with Crippen molar-refractivity contribution in [2.24, 2.45) is 0 Å². The van der Waals surface area contributed by atoms with Crippen LogP contribution in [-0.4, -0.2) is 29.8 Å². The number of halogens is 1. The summed E-state index contributed by atoms with van der Waals surface area (Å²) >= 11 is 0. The van der Waals surface area contributed by atoms with Gasteiger partial charge in [-0.25, -0.2) is 4.39 Å². The van der Waals surface area contributed by atoms with Crippen LogP contribution in [0.1, 0.15) is 52.8 Å². The molecule has 0 unspecified atom stereocenters. The molecule has 0 radical (unpaired) electrons. The third kappa shape index (κ3) is 4.28. The number of nitrogens with one attached hydrogen (secondary N) is 1. The fourth-order valence-electron chi connectivity index (χ4n) is 3.37. The minimum absolute atomic E-state index is 0.0000861. The van der Waals surface area contributed by atoms with Crippen LogP contribution < -0.4 is 5.32 Å². The van der Waals surface area contributed by atoms with E-state index in [0.29, 0.717) is 17.3 Å². The Hall–Kier alpha value is -2.69. The molecule has 1 fully saturated rings. The molecule has 0 spiro atoms. The van der Waals surface area contributed by atoms with Gasteiger partial charge in [0, 0.05) is 29.9 Å². The Morgan fingerprint density at radius 2 is 1.69 bits per heavy atom. The molecule has 1 aliphatic rings. The highest BCUT2D eigenvalue weighted by Gasteiger charge is 2.22. The van der Waals surface area contributed by atoms with Gasteiger partial charge in [0.15, 0.2) is 0 Å². The number of amides is 2. The van der Waals surface area contributed by atoms with E-state index in [1.54, 1.807) is 30.3 Å². The maximum absolute atomic E-state index is 13.2. The van der Waals surface area contributed by atoms with Crippen molar-refractivity contribution in [3.05, 3.63) is 65.5 Å². The average Bonchev–Trinajstić information content (AvgIpc) is 2.68. The van der Waals surface area contributed by atoms with Crippen LogP contribution in [0.3, 0.4) is 0 Å². The Morgan fingerprint density at radius 1 is 1.00 bits per heavy atom. The zero-order chi connectivity index (χ0) is 18.5. The monoisotopic (exact) mass is 354 g/mol. The molecule has 26 heavy (non-hydrogen) atoms. The quantitative estimate of drug-likeness (QED) is 0.880. The Morgan fingerprint density at radius 3 is 2.35 bits per heavy atom.